The van der Waals surface area contributed by atoms with E-state index in [2.05, 4.69) is 10.6 Å². The fourth-order valence-corrected chi connectivity index (χ4v) is 3.11. The highest BCUT2D eigenvalue weighted by Crippen LogP contribution is 2.23. The van der Waals surface area contributed by atoms with E-state index < -0.39 is 0 Å². The van der Waals surface area contributed by atoms with Crippen molar-refractivity contribution in [1.82, 2.24) is 5.32 Å². The van der Waals surface area contributed by atoms with Crippen LogP contribution in [0.1, 0.15) is 60.7 Å². The lowest BCUT2D eigenvalue weighted by molar-refractivity contribution is -0.117. The molecule has 1 saturated heterocycles. The lowest BCUT2D eigenvalue weighted by atomic mass is 10.0. The van der Waals surface area contributed by atoms with Gasteiger partial charge in [0.05, 0.1) is 0 Å². The average Bonchev–Trinajstić information content (AvgIpc) is 3.14. The van der Waals surface area contributed by atoms with E-state index in [4.69, 9.17) is 0 Å². The van der Waals surface area contributed by atoms with Crippen molar-refractivity contribution in [3.63, 3.8) is 0 Å². The quantitative estimate of drug-likeness (QED) is 0.779. The Morgan fingerprint density at radius 3 is 2.38 bits per heavy atom. The zero-order valence-corrected chi connectivity index (χ0v) is 17.1. The van der Waals surface area contributed by atoms with E-state index in [0.29, 0.717) is 29.8 Å². The molecule has 1 aliphatic rings. The van der Waals surface area contributed by atoms with Gasteiger partial charge in [-0.1, -0.05) is 13.0 Å². The predicted octanol–water partition coefficient (Wildman–Crippen LogP) is 3.98. The molecular formula is C23H27N3O3. The number of nitrogens with zero attached hydrogens (tertiary/aromatic N) is 1. The molecule has 0 aliphatic carbocycles. The van der Waals surface area contributed by atoms with Crippen LogP contribution < -0.4 is 15.5 Å². The van der Waals surface area contributed by atoms with Crippen molar-refractivity contribution in [2.45, 2.75) is 45.6 Å². The van der Waals surface area contributed by atoms with Crippen molar-refractivity contribution in [2.24, 2.45) is 0 Å². The Balaban J connectivity index is 1.67. The van der Waals surface area contributed by atoms with Crippen molar-refractivity contribution in [3.05, 3.63) is 59.7 Å². The molecule has 3 amide bonds. The maximum Gasteiger partial charge on any atom is 0.255 e. The summed E-state index contributed by atoms with van der Waals surface area (Å²) in [6.07, 6.45) is 2.21. The minimum Gasteiger partial charge on any atom is -0.347 e. The molecule has 2 aromatic carbocycles. The van der Waals surface area contributed by atoms with Crippen molar-refractivity contribution in [3.8, 4) is 0 Å². The third kappa shape index (κ3) is 5.02. The van der Waals surface area contributed by atoms with Gasteiger partial charge >= 0.3 is 0 Å². The van der Waals surface area contributed by atoms with Gasteiger partial charge < -0.3 is 15.5 Å². The molecule has 0 saturated carbocycles. The summed E-state index contributed by atoms with van der Waals surface area (Å²) in [6.45, 7) is 6.66. The molecule has 2 aromatic rings. The fraction of sp³-hybridized carbons (Fsp3) is 0.348. The molecule has 152 valence electrons. The van der Waals surface area contributed by atoms with E-state index in [9.17, 15) is 14.4 Å². The first kappa shape index (κ1) is 20.6. The summed E-state index contributed by atoms with van der Waals surface area (Å²) in [5.41, 5.74) is 2.09. The zero-order valence-electron chi connectivity index (χ0n) is 17.1. The summed E-state index contributed by atoms with van der Waals surface area (Å²) in [7, 11) is 0. The Bertz CT molecular complexity index is 919. The van der Waals surface area contributed by atoms with Gasteiger partial charge in [-0.25, -0.2) is 0 Å². The van der Waals surface area contributed by atoms with Crippen molar-refractivity contribution < 1.29 is 14.4 Å². The van der Waals surface area contributed by atoms with Crippen LogP contribution in [0.3, 0.4) is 0 Å². The summed E-state index contributed by atoms with van der Waals surface area (Å²) in [6, 6.07) is 13.9. The molecule has 3 rings (SSSR count). The number of hydrogen-bond acceptors (Lipinski definition) is 3. The molecule has 0 unspecified atom stereocenters. The molecule has 2 N–H and O–H groups in total. The van der Waals surface area contributed by atoms with E-state index in [0.717, 1.165) is 18.5 Å². The molecule has 6 nitrogen and oxygen atoms in total. The molecule has 0 aromatic heterocycles. The summed E-state index contributed by atoms with van der Waals surface area (Å²) < 4.78 is 0. The van der Waals surface area contributed by atoms with Gasteiger partial charge in [-0.3, -0.25) is 14.4 Å². The third-order valence-corrected chi connectivity index (χ3v) is 5.23. The summed E-state index contributed by atoms with van der Waals surface area (Å²) >= 11 is 0. The fourth-order valence-electron chi connectivity index (χ4n) is 3.11. The smallest absolute Gasteiger partial charge is 0.255 e. The molecule has 1 heterocycles. The van der Waals surface area contributed by atoms with Gasteiger partial charge in [-0.2, -0.15) is 0 Å². The van der Waals surface area contributed by atoms with Gasteiger partial charge in [0.15, 0.2) is 0 Å². The van der Waals surface area contributed by atoms with Gasteiger partial charge in [-0.05, 0) is 69.2 Å². The van der Waals surface area contributed by atoms with E-state index in [1.54, 1.807) is 47.4 Å². The second-order valence-electron chi connectivity index (χ2n) is 7.92. The van der Waals surface area contributed by atoms with Crippen LogP contribution in [0.2, 0.25) is 0 Å². The number of benzene rings is 2. The lowest BCUT2D eigenvalue weighted by Crippen LogP contribution is -2.42. The Morgan fingerprint density at radius 2 is 1.76 bits per heavy atom. The average molecular weight is 393 g/mol. The predicted molar refractivity (Wildman–Crippen MR) is 114 cm³/mol. The highest BCUT2D eigenvalue weighted by molar-refractivity contribution is 6.06. The first-order chi connectivity index (χ1) is 13.8. The Labute approximate surface area is 171 Å². The monoisotopic (exact) mass is 393 g/mol. The maximum atomic E-state index is 12.6. The van der Waals surface area contributed by atoms with Crippen LogP contribution in [0.4, 0.5) is 11.4 Å². The van der Waals surface area contributed by atoms with Crippen LogP contribution >= 0.6 is 0 Å². The molecule has 6 heteroatoms. The minimum atomic E-state index is -0.272. The molecule has 1 fully saturated rings. The Morgan fingerprint density at radius 1 is 1.03 bits per heavy atom. The number of carbonyl (C=O) groups is 3. The van der Waals surface area contributed by atoms with Crippen molar-refractivity contribution >= 4 is 29.1 Å². The van der Waals surface area contributed by atoms with Gasteiger partial charge in [-0.15, -0.1) is 0 Å². The van der Waals surface area contributed by atoms with Crippen LogP contribution in [-0.2, 0) is 4.79 Å². The van der Waals surface area contributed by atoms with Gasteiger partial charge in [0.2, 0.25) is 5.91 Å². The second-order valence-corrected chi connectivity index (χ2v) is 7.92. The number of amides is 3. The van der Waals surface area contributed by atoms with E-state index >= 15 is 0 Å². The molecular weight excluding hydrogens is 366 g/mol. The van der Waals surface area contributed by atoms with Gasteiger partial charge in [0.1, 0.15) is 0 Å². The lowest BCUT2D eigenvalue weighted by Gasteiger charge is -2.24. The van der Waals surface area contributed by atoms with Crippen LogP contribution in [0, 0.1) is 0 Å². The SMILES string of the molecule is CCC(C)(C)NC(=O)c1ccc(NC(=O)c2cccc(N3CCCC3=O)c2)cc1. The minimum absolute atomic E-state index is 0.0858. The molecule has 0 atom stereocenters. The maximum absolute atomic E-state index is 12.6. The first-order valence-electron chi connectivity index (χ1n) is 9.93. The van der Waals surface area contributed by atoms with Crippen LogP contribution in [0.25, 0.3) is 0 Å². The van der Waals surface area contributed by atoms with Gasteiger partial charge in [0.25, 0.3) is 11.8 Å². The van der Waals surface area contributed by atoms with E-state index in [1.807, 2.05) is 26.8 Å². The highest BCUT2D eigenvalue weighted by atomic mass is 16.2. The molecule has 0 bridgehead atoms. The van der Waals surface area contributed by atoms with Crippen molar-refractivity contribution in [1.29, 1.82) is 0 Å². The topological polar surface area (TPSA) is 78.5 Å². The Kier molecular flexibility index (Phi) is 6.01. The van der Waals surface area contributed by atoms with E-state index in [1.165, 1.54) is 0 Å². The molecule has 0 spiro atoms. The molecule has 1 aliphatic heterocycles. The van der Waals surface area contributed by atoms with Crippen LogP contribution in [0.5, 0.6) is 0 Å². The summed E-state index contributed by atoms with van der Waals surface area (Å²) in [4.78, 5) is 38.6. The van der Waals surface area contributed by atoms with E-state index in [-0.39, 0.29) is 23.3 Å². The van der Waals surface area contributed by atoms with Crippen LogP contribution in [-0.4, -0.2) is 29.8 Å². The largest absolute Gasteiger partial charge is 0.347 e. The summed E-state index contributed by atoms with van der Waals surface area (Å²) in [5, 5.41) is 5.83. The number of rotatable bonds is 6. The standard InChI is InChI=1S/C23H27N3O3/c1-4-23(2,3)25-22(29)16-10-12-18(13-11-16)24-21(28)17-7-5-8-19(15-17)26-14-6-9-20(26)27/h5,7-8,10-13,15H,4,6,9,14H2,1-3H3,(H,24,28)(H,25,29). The normalized spacial score (nSPS) is 14.0. The highest BCUT2D eigenvalue weighted by Gasteiger charge is 2.22. The Hall–Kier alpha value is -3.15. The third-order valence-electron chi connectivity index (χ3n) is 5.23. The second kappa shape index (κ2) is 8.47. The first-order valence-corrected chi connectivity index (χ1v) is 9.93. The molecule has 29 heavy (non-hydrogen) atoms. The molecule has 0 radical (unpaired) electrons. The van der Waals surface area contributed by atoms with Crippen LogP contribution in [0.15, 0.2) is 48.5 Å². The summed E-state index contributed by atoms with van der Waals surface area (Å²) in [5.74, 6) is -0.316. The van der Waals surface area contributed by atoms with Gasteiger partial charge in [0, 0.05) is 41.0 Å². The van der Waals surface area contributed by atoms with Crippen molar-refractivity contribution in [2.75, 3.05) is 16.8 Å². The zero-order chi connectivity index (χ0) is 21.0. The number of anilines is 2. The number of hydrogen-bond donors (Lipinski definition) is 2. The number of carbonyl (C=O) groups excluding carboxylic acids is 3. The number of nitrogens with one attached hydrogen (secondary N) is 2.